The molecule has 0 saturated carbocycles. The number of fused-ring (bicyclic) bond motifs is 1. The van der Waals surface area contributed by atoms with E-state index in [0.29, 0.717) is 0 Å². The van der Waals surface area contributed by atoms with Crippen LogP contribution >= 0.6 is 0 Å². The number of morpholine rings is 1. The normalized spacial score (nSPS) is 16.0. The number of rotatable bonds is 3. The molecule has 0 unspecified atom stereocenters. The Morgan fingerprint density at radius 3 is 2.74 bits per heavy atom. The minimum absolute atomic E-state index is 0.166. The second-order valence-corrected chi connectivity index (χ2v) is 5.83. The first kappa shape index (κ1) is 14.2. The lowest BCUT2D eigenvalue weighted by atomic mass is 10.1. The maximum absolute atomic E-state index is 10.2. The van der Waals surface area contributed by atoms with Gasteiger partial charge in [-0.15, -0.1) is 0 Å². The first-order valence-corrected chi connectivity index (χ1v) is 7.86. The van der Waals surface area contributed by atoms with Crippen LogP contribution in [0, 0.1) is 0 Å². The zero-order chi connectivity index (χ0) is 15.6. The molecule has 0 aliphatic carbocycles. The number of nitrogens with zero attached hydrogens (tertiary/aromatic N) is 2. The number of aromatic amines is 1. The summed E-state index contributed by atoms with van der Waals surface area (Å²) < 4.78 is 5.37. The average Bonchev–Trinajstić information content (AvgIpc) is 2.92. The van der Waals surface area contributed by atoms with Gasteiger partial charge in [-0.05, 0) is 17.7 Å². The number of pyridine rings is 1. The molecular formula is C18H19N3O2. The molecule has 0 spiro atoms. The first-order chi connectivity index (χ1) is 11.3. The van der Waals surface area contributed by atoms with E-state index in [0.717, 1.165) is 55.0 Å². The summed E-state index contributed by atoms with van der Waals surface area (Å²) in [6, 6.07) is 11.9. The molecule has 118 valence electrons. The maximum Gasteiger partial charge on any atom is 0.199 e. The Kier molecular flexibility index (Phi) is 3.73. The lowest BCUT2D eigenvalue weighted by molar-refractivity contribution is 0.0341. The van der Waals surface area contributed by atoms with Crippen LogP contribution in [0.15, 0.2) is 42.6 Å². The summed E-state index contributed by atoms with van der Waals surface area (Å²) in [7, 11) is 0. The van der Waals surface area contributed by atoms with Crippen LogP contribution in [0.3, 0.4) is 0 Å². The highest BCUT2D eigenvalue weighted by Crippen LogP contribution is 2.35. The van der Waals surface area contributed by atoms with Crippen molar-refractivity contribution in [2.24, 2.45) is 0 Å². The number of aromatic nitrogens is 2. The van der Waals surface area contributed by atoms with Crippen LogP contribution in [0.5, 0.6) is 5.88 Å². The number of ether oxygens (including phenoxy) is 1. The molecule has 2 N–H and O–H groups in total. The van der Waals surface area contributed by atoms with Crippen LogP contribution in [0.2, 0.25) is 0 Å². The van der Waals surface area contributed by atoms with Crippen molar-refractivity contribution in [1.82, 2.24) is 14.9 Å². The summed E-state index contributed by atoms with van der Waals surface area (Å²) >= 11 is 0. The summed E-state index contributed by atoms with van der Waals surface area (Å²) in [5.41, 5.74) is 3.64. The van der Waals surface area contributed by atoms with Crippen molar-refractivity contribution in [2.45, 2.75) is 6.54 Å². The van der Waals surface area contributed by atoms with E-state index in [1.807, 2.05) is 36.5 Å². The molecule has 1 aliphatic heterocycles. The molecule has 5 nitrogen and oxygen atoms in total. The van der Waals surface area contributed by atoms with Crippen molar-refractivity contribution in [2.75, 3.05) is 26.3 Å². The van der Waals surface area contributed by atoms with Crippen molar-refractivity contribution in [1.29, 1.82) is 0 Å². The molecule has 0 atom stereocenters. The van der Waals surface area contributed by atoms with Gasteiger partial charge in [-0.1, -0.05) is 24.3 Å². The minimum atomic E-state index is 0.166. The molecule has 1 aliphatic rings. The number of nitrogens with one attached hydrogen (secondary N) is 1. The Morgan fingerprint density at radius 2 is 1.96 bits per heavy atom. The Hall–Kier alpha value is -2.37. The van der Waals surface area contributed by atoms with Gasteiger partial charge in [-0.2, -0.15) is 0 Å². The zero-order valence-electron chi connectivity index (χ0n) is 12.8. The van der Waals surface area contributed by atoms with Crippen LogP contribution in [-0.4, -0.2) is 46.3 Å². The van der Waals surface area contributed by atoms with Gasteiger partial charge in [0.15, 0.2) is 5.88 Å². The summed E-state index contributed by atoms with van der Waals surface area (Å²) in [6.45, 7) is 4.41. The van der Waals surface area contributed by atoms with E-state index in [1.54, 1.807) is 0 Å². The third-order valence-corrected chi connectivity index (χ3v) is 4.28. The van der Waals surface area contributed by atoms with Crippen molar-refractivity contribution in [3.05, 3.63) is 48.2 Å². The van der Waals surface area contributed by atoms with E-state index in [9.17, 15) is 5.11 Å². The van der Waals surface area contributed by atoms with Crippen LogP contribution in [0.1, 0.15) is 5.56 Å². The monoisotopic (exact) mass is 309 g/mol. The van der Waals surface area contributed by atoms with Gasteiger partial charge in [-0.3, -0.25) is 9.88 Å². The van der Waals surface area contributed by atoms with Gasteiger partial charge >= 0.3 is 0 Å². The number of hydrogen-bond acceptors (Lipinski definition) is 4. The molecular weight excluding hydrogens is 290 g/mol. The zero-order valence-corrected chi connectivity index (χ0v) is 12.8. The predicted molar refractivity (Wildman–Crippen MR) is 89.3 cm³/mol. The molecule has 0 amide bonds. The predicted octanol–water partition coefficient (Wildman–Crippen LogP) is 2.77. The molecule has 0 bridgehead atoms. The van der Waals surface area contributed by atoms with Gasteiger partial charge < -0.3 is 14.8 Å². The van der Waals surface area contributed by atoms with Crippen molar-refractivity contribution >= 4 is 10.9 Å². The quantitative estimate of drug-likeness (QED) is 0.781. The number of hydrogen-bond donors (Lipinski definition) is 2. The van der Waals surface area contributed by atoms with Gasteiger partial charge in [0, 0.05) is 36.7 Å². The summed E-state index contributed by atoms with van der Waals surface area (Å²) in [4.78, 5) is 9.92. The van der Waals surface area contributed by atoms with Gasteiger partial charge in [0.05, 0.1) is 24.5 Å². The molecule has 2 aromatic heterocycles. The largest absolute Gasteiger partial charge is 0.494 e. The van der Waals surface area contributed by atoms with Crippen LogP contribution in [0.4, 0.5) is 0 Å². The molecule has 4 rings (SSSR count). The number of H-pyrrole nitrogens is 1. The maximum atomic E-state index is 10.2. The van der Waals surface area contributed by atoms with Gasteiger partial charge in [0.25, 0.3) is 0 Å². The number of aromatic hydroxyl groups is 1. The highest BCUT2D eigenvalue weighted by molar-refractivity contribution is 5.97. The third-order valence-electron chi connectivity index (χ3n) is 4.28. The Bertz CT molecular complexity index is 805. The molecule has 23 heavy (non-hydrogen) atoms. The fourth-order valence-electron chi connectivity index (χ4n) is 3.07. The first-order valence-electron chi connectivity index (χ1n) is 7.86. The van der Waals surface area contributed by atoms with Crippen LogP contribution < -0.4 is 0 Å². The van der Waals surface area contributed by atoms with Crippen molar-refractivity contribution in [3.8, 4) is 17.1 Å². The molecule has 3 heterocycles. The summed E-state index contributed by atoms with van der Waals surface area (Å²) in [6.07, 6.45) is 1.89. The molecule has 0 radical (unpaired) electrons. The van der Waals surface area contributed by atoms with E-state index in [-0.39, 0.29) is 5.88 Å². The highest BCUT2D eigenvalue weighted by atomic mass is 16.5. The standard InChI is InChI=1S/C18H19N3O2/c22-18-17(14-3-1-2-4-15(14)20-18)16-6-5-13(11-19-16)12-21-7-9-23-10-8-21/h1-6,11,20,22H,7-10,12H2. The molecule has 1 aromatic carbocycles. The Balaban J connectivity index is 1.61. The highest BCUT2D eigenvalue weighted by Gasteiger charge is 2.14. The fourth-order valence-corrected chi connectivity index (χ4v) is 3.07. The fraction of sp³-hybridized carbons (Fsp3) is 0.278. The Morgan fingerprint density at radius 1 is 1.13 bits per heavy atom. The number of para-hydroxylation sites is 1. The lowest BCUT2D eigenvalue weighted by Crippen LogP contribution is -2.35. The molecule has 1 saturated heterocycles. The lowest BCUT2D eigenvalue weighted by Gasteiger charge is -2.26. The molecule has 1 fully saturated rings. The van der Waals surface area contributed by atoms with Gasteiger partial charge in [0.2, 0.25) is 0 Å². The Labute approximate surface area is 134 Å². The molecule has 3 aromatic rings. The summed E-state index contributed by atoms with van der Waals surface area (Å²) in [5.74, 6) is 0.166. The van der Waals surface area contributed by atoms with E-state index < -0.39 is 0 Å². The second-order valence-electron chi connectivity index (χ2n) is 5.83. The van der Waals surface area contributed by atoms with Crippen molar-refractivity contribution in [3.63, 3.8) is 0 Å². The van der Waals surface area contributed by atoms with Gasteiger partial charge in [-0.25, -0.2) is 0 Å². The van der Waals surface area contributed by atoms with Crippen LogP contribution in [0.25, 0.3) is 22.2 Å². The minimum Gasteiger partial charge on any atom is -0.494 e. The second kappa shape index (κ2) is 6.02. The van der Waals surface area contributed by atoms with Crippen molar-refractivity contribution < 1.29 is 9.84 Å². The smallest absolute Gasteiger partial charge is 0.199 e. The third kappa shape index (κ3) is 2.81. The SMILES string of the molecule is Oc1[nH]c2ccccc2c1-c1ccc(CN2CCOCC2)cn1. The van der Waals surface area contributed by atoms with E-state index in [2.05, 4.69) is 20.9 Å². The molecule has 5 heteroatoms. The van der Waals surface area contributed by atoms with E-state index >= 15 is 0 Å². The van der Waals surface area contributed by atoms with Crippen LogP contribution in [-0.2, 0) is 11.3 Å². The van der Waals surface area contributed by atoms with E-state index in [4.69, 9.17) is 4.74 Å². The topological polar surface area (TPSA) is 61.4 Å². The average molecular weight is 309 g/mol. The van der Waals surface area contributed by atoms with Gasteiger partial charge in [0.1, 0.15) is 0 Å². The van der Waals surface area contributed by atoms with E-state index in [1.165, 1.54) is 5.56 Å². The summed E-state index contributed by atoms with van der Waals surface area (Å²) in [5, 5.41) is 11.2. The number of benzene rings is 1.